The zero-order valence-corrected chi connectivity index (χ0v) is 34.6. The number of unbranched alkanes of at least 4 members (excludes halogenated alkanes) is 21. The molecule has 314 valence electrons. The average Bonchev–Trinajstić information content (AvgIpc) is 3.14. The molecule has 0 aromatic heterocycles. The smallest absolute Gasteiger partial charge is 0.462 e. The molecule has 0 aliphatic heterocycles. The van der Waals surface area contributed by atoms with E-state index in [1.165, 1.54) is 77.0 Å². The molecule has 0 aromatic rings. The fourth-order valence-corrected chi connectivity index (χ4v) is 6.78. The van der Waals surface area contributed by atoms with Crippen molar-refractivity contribution in [3.63, 3.8) is 0 Å². The van der Waals surface area contributed by atoms with Crippen LogP contribution in [-0.4, -0.2) is 71.7 Å². The first kappa shape index (κ1) is 51.7. The van der Waals surface area contributed by atoms with Gasteiger partial charge in [0.1, 0.15) is 6.61 Å². The zero-order valence-electron chi connectivity index (χ0n) is 33.7. The number of phosphoric ester groups is 1. The number of nitrogens with two attached hydrogens (primary N) is 1. The fourth-order valence-electron chi connectivity index (χ4n) is 6.01. The van der Waals surface area contributed by atoms with Crippen LogP contribution in [0.2, 0.25) is 0 Å². The summed E-state index contributed by atoms with van der Waals surface area (Å²) in [6.45, 7) is 3.49. The molecule has 0 aliphatic rings. The molecule has 0 aromatic carbocycles. The van der Waals surface area contributed by atoms with E-state index in [0.29, 0.717) is 19.3 Å². The van der Waals surface area contributed by atoms with Gasteiger partial charge in [-0.1, -0.05) is 154 Å². The fraction of sp³-hybridized carbons (Fsp3) is 0.902. The number of aliphatic hydroxyl groups excluding tert-OH is 2. The number of aliphatic hydroxyl groups is 2. The summed E-state index contributed by atoms with van der Waals surface area (Å²) in [7, 11) is -4.40. The van der Waals surface area contributed by atoms with Gasteiger partial charge in [0.2, 0.25) is 0 Å². The number of carbonyl (C=O) groups is 2. The topological polar surface area (TPSA) is 175 Å². The summed E-state index contributed by atoms with van der Waals surface area (Å²) >= 11 is 0. The van der Waals surface area contributed by atoms with E-state index in [-0.39, 0.29) is 32.6 Å². The third kappa shape index (κ3) is 36.1. The lowest BCUT2D eigenvalue weighted by Gasteiger charge is -2.19. The van der Waals surface area contributed by atoms with Gasteiger partial charge in [0.15, 0.2) is 6.10 Å². The molecule has 0 bridgehead atoms. The predicted molar refractivity (Wildman–Crippen MR) is 213 cm³/mol. The van der Waals surface area contributed by atoms with Crippen LogP contribution >= 0.6 is 7.82 Å². The first-order valence-corrected chi connectivity index (χ1v) is 22.8. The summed E-state index contributed by atoms with van der Waals surface area (Å²) in [4.78, 5) is 34.8. The summed E-state index contributed by atoms with van der Waals surface area (Å²) in [5.74, 6) is -0.899. The molecule has 12 heteroatoms. The molecule has 5 N–H and O–H groups in total. The predicted octanol–water partition coefficient (Wildman–Crippen LogP) is 9.77. The molecule has 0 heterocycles. The van der Waals surface area contributed by atoms with E-state index in [0.717, 1.165) is 70.6 Å². The SMILES string of the molecule is CCCCCCCCCCCCCCCCCC(=O)OCC(COP(=O)(O)OCCN)OC(=O)CCCCCCC/C=C\CC(O)C(O)CCCCC. The Labute approximate surface area is 323 Å². The van der Waals surface area contributed by atoms with Gasteiger partial charge in [-0.05, 0) is 38.5 Å². The standard InChI is InChI=1S/C41H80NO10P/c1-3-5-7-8-9-10-11-12-13-14-15-16-20-23-27-31-40(45)49-35-37(36-51-53(47,48)50-34-33-42)52-41(46)32-28-24-21-18-17-19-22-26-30-39(44)38(43)29-25-6-4-2/h22,26,37-39,43-44H,3-21,23-25,27-36,42H2,1-2H3,(H,47,48)/b26-22-. The molecule has 0 rings (SSSR count). The third-order valence-corrected chi connectivity index (χ3v) is 10.3. The van der Waals surface area contributed by atoms with Gasteiger partial charge in [0, 0.05) is 19.4 Å². The van der Waals surface area contributed by atoms with Crippen LogP contribution < -0.4 is 5.73 Å². The Morgan fingerprint density at radius 1 is 0.623 bits per heavy atom. The van der Waals surface area contributed by atoms with Crippen molar-refractivity contribution in [1.29, 1.82) is 0 Å². The molecular weight excluding hydrogens is 697 g/mol. The van der Waals surface area contributed by atoms with Gasteiger partial charge in [-0.15, -0.1) is 0 Å². The van der Waals surface area contributed by atoms with Crippen molar-refractivity contribution in [1.82, 2.24) is 0 Å². The molecule has 53 heavy (non-hydrogen) atoms. The van der Waals surface area contributed by atoms with Gasteiger partial charge in [0.25, 0.3) is 0 Å². The average molecular weight is 778 g/mol. The number of allylic oxidation sites excluding steroid dienone is 1. The van der Waals surface area contributed by atoms with Crippen LogP contribution in [0.1, 0.15) is 194 Å². The van der Waals surface area contributed by atoms with Crippen LogP contribution in [-0.2, 0) is 32.7 Å². The number of phosphoric acid groups is 1. The van der Waals surface area contributed by atoms with Gasteiger partial charge < -0.3 is 30.3 Å². The van der Waals surface area contributed by atoms with Crippen molar-refractivity contribution >= 4 is 19.8 Å². The van der Waals surface area contributed by atoms with Gasteiger partial charge in [0.05, 0.1) is 25.4 Å². The highest BCUT2D eigenvalue weighted by Gasteiger charge is 2.26. The summed E-state index contributed by atoms with van der Waals surface area (Å²) in [6.07, 6.45) is 30.0. The molecule has 0 amide bonds. The highest BCUT2D eigenvalue weighted by molar-refractivity contribution is 7.47. The lowest BCUT2D eigenvalue weighted by atomic mass is 10.0. The van der Waals surface area contributed by atoms with Crippen molar-refractivity contribution in [2.45, 2.75) is 212 Å². The highest BCUT2D eigenvalue weighted by atomic mass is 31.2. The Kier molecular flexibility index (Phi) is 36.6. The Bertz CT molecular complexity index is 921. The minimum atomic E-state index is -4.40. The molecular formula is C41H80NO10P. The van der Waals surface area contributed by atoms with E-state index in [1.807, 2.05) is 12.2 Å². The second-order valence-electron chi connectivity index (χ2n) is 14.5. The number of hydrogen-bond donors (Lipinski definition) is 4. The van der Waals surface area contributed by atoms with Crippen molar-refractivity contribution in [3.8, 4) is 0 Å². The molecule has 4 atom stereocenters. The Morgan fingerprint density at radius 3 is 1.66 bits per heavy atom. The summed E-state index contributed by atoms with van der Waals surface area (Å²) in [5.41, 5.74) is 5.33. The van der Waals surface area contributed by atoms with E-state index < -0.39 is 44.7 Å². The van der Waals surface area contributed by atoms with Crippen LogP contribution in [0.15, 0.2) is 12.2 Å². The second-order valence-corrected chi connectivity index (χ2v) is 16.0. The first-order valence-electron chi connectivity index (χ1n) is 21.3. The molecule has 0 aliphatic carbocycles. The summed E-state index contributed by atoms with van der Waals surface area (Å²) < 4.78 is 32.7. The number of carbonyl (C=O) groups excluding carboxylic acids is 2. The summed E-state index contributed by atoms with van der Waals surface area (Å²) in [5, 5.41) is 20.1. The monoisotopic (exact) mass is 778 g/mol. The Morgan fingerprint density at radius 2 is 1.11 bits per heavy atom. The van der Waals surface area contributed by atoms with Gasteiger partial charge in [-0.2, -0.15) is 0 Å². The number of rotatable bonds is 40. The lowest BCUT2D eigenvalue weighted by Crippen LogP contribution is -2.29. The third-order valence-electron chi connectivity index (χ3n) is 9.35. The molecule has 0 spiro atoms. The maximum atomic E-state index is 12.6. The molecule has 0 saturated carbocycles. The largest absolute Gasteiger partial charge is 0.472 e. The molecule has 0 radical (unpaired) electrons. The van der Waals surface area contributed by atoms with E-state index in [1.54, 1.807) is 0 Å². The van der Waals surface area contributed by atoms with Crippen molar-refractivity contribution < 1.29 is 47.8 Å². The Hall–Kier alpha value is -1.33. The van der Waals surface area contributed by atoms with Gasteiger partial charge >= 0.3 is 19.8 Å². The van der Waals surface area contributed by atoms with Crippen LogP contribution in [0.25, 0.3) is 0 Å². The van der Waals surface area contributed by atoms with E-state index in [4.69, 9.17) is 24.3 Å². The lowest BCUT2D eigenvalue weighted by molar-refractivity contribution is -0.161. The van der Waals surface area contributed by atoms with Crippen LogP contribution in [0.4, 0.5) is 0 Å². The van der Waals surface area contributed by atoms with Crippen LogP contribution in [0, 0.1) is 0 Å². The van der Waals surface area contributed by atoms with Crippen molar-refractivity contribution in [3.05, 3.63) is 12.2 Å². The molecule has 4 unspecified atom stereocenters. The molecule has 0 fully saturated rings. The minimum absolute atomic E-state index is 0.0361. The maximum absolute atomic E-state index is 12.6. The van der Waals surface area contributed by atoms with Gasteiger partial charge in [-0.3, -0.25) is 18.6 Å². The van der Waals surface area contributed by atoms with E-state index in [2.05, 4.69) is 13.8 Å². The molecule has 11 nitrogen and oxygen atoms in total. The van der Waals surface area contributed by atoms with Crippen LogP contribution in [0.3, 0.4) is 0 Å². The number of hydrogen-bond acceptors (Lipinski definition) is 10. The second kappa shape index (κ2) is 37.6. The normalized spacial score (nSPS) is 14.6. The Balaban J connectivity index is 4.23. The van der Waals surface area contributed by atoms with Crippen molar-refractivity contribution in [2.24, 2.45) is 5.73 Å². The van der Waals surface area contributed by atoms with Crippen molar-refractivity contribution in [2.75, 3.05) is 26.4 Å². The quantitative estimate of drug-likeness (QED) is 0.0202. The van der Waals surface area contributed by atoms with E-state index >= 15 is 0 Å². The van der Waals surface area contributed by atoms with Crippen LogP contribution in [0.5, 0.6) is 0 Å². The van der Waals surface area contributed by atoms with Gasteiger partial charge in [-0.25, -0.2) is 4.57 Å². The van der Waals surface area contributed by atoms with E-state index in [9.17, 15) is 29.3 Å². The maximum Gasteiger partial charge on any atom is 0.472 e. The summed E-state index contributed by atoms with van der Waals surface area (Å²) in [6, 6.07) is 0. The zero-order chi connectivity index (χ0) is 39.3. The number of ether oxygens (including phenoxy) is 2. The number of esters is 2. The highest BCUT2D eigenvalue weighted by Crippen LogP contribution is 2.43. The minimum Gasteiger partial charge on any atom is -0.462 e. The molecule has 0 saturated heterocycles. The first-order chi connectivity index (χ1) is 25.6.